The van der Waals surface area contributed by atoms with E-state index in [-0.39, 0.29) is 6.04 Å². The molecule has 0 aliphatic carbocycles. The fraction of sp³-hybridized carbons (Fsp3) is 0.294. The molecule has 2 aromatic rings. The predicted molar refractivity (Wildman–Crippen MR) is 89.7 cm³/mol. The third kappa shape index (κ3) is 4.02. The summed E-state index contributed by atoms with van der Waals surface area (Å²) in [7, 11) is 0. The van der Waals surface area contributed by atoms with Crippen LogP contribution in [0.1, 0.15) is 29.7 Å². The van der Waals surface area contributed by atoms with Gasteiger partial charge in [-0.3, -0.25) is 0 Å². The van der Waals surface area contributed by atoms with Crippen LogP contribution in [0.5, 0.6) is 0 Å². The Morgan fingerprint density at radius 3 is 2.45 bits per heavy atom. The summed E-state index contributed by atoms with van der Waals surface area (Å²) in [6.07, 6.45) is 0.763. The van der Waals surface area contributed by atoms with Crippen molar-refractivity contribution < 1.29 is 0 Å². The van der Waals surface area contributed by atoms with Crippen LogP contribution in [-0.2, 0) is 6.42 Å². The Balaban J connectivity index is 2.09. The number of halogens is 1. The normalized spacial score (nSPS) is 12.4. The molecule has 0 amide bonds. The Bertz CT molecular complexity index is 566. The number of hydrogen-bond acceptors (Lipinski definition) is 2. The van der Waals surface area contributed by atoms with Crippen molar-refractivity contribution in [3.05, 3.63) is 64.2 Å². The third-order valence-corrected chi connectivity index (χ3v) is 4.51. The summed E-state index contributed by atoms with van der Waals surface area (Å²) in [5.41, 5.74) is 9.73. The second-order valence-corrected chi connectivity index (χ2v) is 6.65. The second-order valence-electron chi connectivity index (χ2n) is 4.91. The van der Waals surface area contributed by atoms with Crippen molar-refractivity contribution in [3.63, 3.8) is 0 Å². The summed E-state index contributed by atoms with van der Waals surface area (Å²) >= 11 is 8.11. The molecular formula is C17H20ClNS. The Hall–Kier alpha value is -0.960. The predicted octanol–water partition coefficient (Wildman–Crippen LogP) is 5.00. The summed E-state index contributed by atoms with van der Waals surface area (Å²) in [4.78, 5) is 1.29. The van der Waals surface area contributed by atoms with Crippen LogP contribution in [0.3, 0.4) is 0 Å². The van der Waals surface area contributed by atoms with E-state index in [1.807, 2.05) is 24.8 Å². The number of nitrogens with two attached hydrogens (primary N) is 1. The molecule has 2 N–H and O–H groups in total. The van der Waals surface area contributed by atoms with Gasteiger partial charge in [0.15, 0.2) is 0 Å². The fourth-order valence-electron chi connectivity index (χ4n) is 2.15. The number of rotatable bonds is 5. The van der Waals surface area contributed by atoms with Gasteiger partial charge in [0, 0.05) is 16.0 Å². The van der Waals surface area contributed by atoms with Gasteiger partial charge in [-0.2, -0.15) is 0 Å². The van der Waals surface area contributed by atoms with E-state index in [4.69, 9.17) is 17.3 Å². The fourth-order valence-corrected chi connectivity index (χ4v) is 3.12. The number of thioether (sulfide) groups is 1. The molecule has 0 saturated heterocycles. The molecule has 1 unspecified atom stereocenters. The van der Waals surface area contributed by atoms with Crippen LogP contribution >= 0.6 is 23.4 Å². The zero-order valence-corrected chi connectivity index (χ0v) is 13.5. The van der Waals surface area contributed by atoms with Crippen molar-refractivity contribution in [3.8, 4) is 0 Å². The van der Waals surface area contributed by atoms with Crippen molar-refractivity contribution in [2.24, 2.45) is 5.73 Å². The van der Waals surface area contributed by atoms with Gasteiger partial charge in [0.05, 0.1) is 0 Å². The highest BCUT2D eigenvalue weighted by molar-refractivity contribution is 7.99. The topological polar surface area (TPSA) is 26.0 Å². The van der Waals surface area contributed by atoms with Crippen LogP contribution in [0, 0.1) is 6.92 Å². The van der Waals surface area contributed by atoms with Crippen molar-refractivity contribution >= 4 is 23.4 Å². The molecule has 0 spiro atoms. The smallest absolute Gasteiger partial charge is 0.0441 e. The van der Waals surface area contributed by atoms with Gasteiger partial charge in [0.25, 0.3) is 0 Å². The molecule has 3 heteroatoms. The van der Waals surface area contributed by atoms with Crippen molar-refractivity contribution in [1.82, 2.24) is 0 Å². The van der Waals surface area contributed by atoms with Crippen LogP contribution in [0.25, 0.3) is 0 Å². The zero-order valence-electron chi connectivity index (χ0n) is 11.9. The largest absolute Gasteiger partial charge is 0.324 e. The summed E-state index contributed by atoms with van der Waals surface area (Å²) in [5, 5.41) is 0.804. The van der Waals surface area contributed by atoms with E-state index in [1.54, 1.807) is 0 Å². The van der Waals surface area contributed by atoms with Gasteiger partial charge < -0.3 is 5.73 Å². The van der Waals surface area contributed by atoms with E-state index in [0.29, 0.717) is 0 Å². The van der Waals surface area contributed by atoms with Gasteiger partial charge in [0.1, 0.15) is 0 Å². The summed E-state index contributed by atoms with van der Waals surface area (Å²) in [6.45, 7) is 4.20. The molecule has 1 nitrogen and oxygen atoms in total. The minimum atomic E-state index is -0.0177. The molecule has 0 heterocycles. The maximum absolute atomic E-state index is 6.29. The van der Waals surface area contributed by atoms with Crippen LogP contribution < -0.4 is 5.73 Å². The van der Waals surface area contributed by atoms with E-state index >= 15 is 0 Å². The number of benzene rings is 2. The highest BCUT2D eigenvalue weighted by atomic mass is 35.5. The summed E-state index contributed by atoms with van der Waals surface area (Å²) in [5.74, 6) is 1.09. The average molecular weight is 306 g/mol. The van der Waals surface area contributed by atoms with E-state index in [9.17, 15) is 0 Å². The van der Waals surface area contributed by atoms with Gasteiger partial charge in [-0.15, -0.1) is 11.8 Å². The molecule has 0 fully saturated rings. The maximum Gasteiger partial charge on any atom is 0.0441 e. The molecule has 0 aliphatic rings. The Morgan fingerprint density at radius 2 is 1.85 bits per heavy atom. The Morgan fingerprint density at radius 1 is 1.15 bits per heavy atom. The lowest BCUT2D eigenvalue weighted by molar-refractivity contribution is 0.721. The standard InChI is InChI=1S/C17H20ClNS/c1-3-20-15-8-6-13(7-9-15)17(19)11-14-5-4-12(2)10-16(14)18/h4-10,17H,3,11,19H2,1-2H3. The second kappa shape index (κ2) is 7.16. The highest BCUT2D eigenvalue weighted by Crippen LogP contribution is 2.25. The monoisotopic (exact) mass is 305 g/mol. The molecule has 1 atom stereocenters. The van der Waals surface area contributed by atoms with Gasteiger partial charge >= 0.3 is 0 Å². The summed E-state index contributed by atoms with van der Waals surface area (Å²) in [6, 6.07) is 14.6. The van der Waals surface area contributed by atoms with Gasteiger partial charge in [-0.05, 0) is 54.0 Å². The van der Waals surface area contributed by atoms with E-state index in [1.165, 1.54) is 10.5 Å². The summed E-state index contributed by atoms with van der Waals surface area (Å²) < 4.78 is 0. The third-order valence-electron chi connectivity index (χ3n) is 3.27. The van der Waals surface area contributed by atoms with E-state index in [2.05, 4.69) is 43.3 Å². The maximum atomic E-state index is 6.29. The van der Waals surface area contributed by atoms with Crippen LogP contribution in [-0.4, -0.2) is 5.75 Å². The highest BCUT2D eigenvalue weighted by Gasteiger charge is 2.10. The molecule has 0 aliphatic heterocycles. The molecule has 106 valence electrons. The zero-order chi connectivity index (χ0) is 14.5. The first-order chi connectivity index (χ1) is 9.60. The molecular weight excluding hydrogens is 286 g/mol. The SMILES string of the molecule is CCSc1ccc(C(N)Cc2ccc(C)cc2Cl)cc1. The van der Waals surface area contributed by atoms with Crippen LogP contribution in [0.15, 0.2) is 47.4 Å². The Labute approximate surface area is 130 Å². The molecule has 2 aromatic carbocycles. The lowest BCUT2D eigenvalue weighted by atomic mass is 9.99. The molecule has 0 radical (unpaired) electrons. The van der Waals surface area contributed by atoms with E-state index < -0.39 is 0 Å². The molecule has 0 saturated carbocycles. The molecule has 20 heavy (non-hydrogen) atoms. The van der Waals surface area contributed by atoms with E-state index in [0.717, 1.165) is 28.3 Å². The van der Waals surface area contributed by atoms with Crippen molar-refractivity contribution in [2.45, 2.75) is 31.2 Å². The number of aryl methyl sites for hydroxylation is 1. The quantitative estimate of drug-likeness (QED) is 0.786. The van der Waals surface area contributed by atoms with Crippen molar-refractivity contribution in [2.75, 3.05) is 5.75 Å². The number of hydrogen-bond donors (Lipinski definition) is 1. The van der Waals surface area contributed by atoms with Gasteiger partial charge in [-0.25, -0.2) is 0 Å². The van der Waals surface area contributed by atoms with Gasteiger partial charge in [-0.1, -0.05) is 42.8 Å². The molecule has 0 aromatic heterocycles. The van der Waals surface area contributed by atoms with Crippen molar-refractivity contribution in [1.29, 1.82) is 0 Å². The van der Waals surface area contributed by atoms with Gasteiger partial charge in [0.2, 0.25) is 0 Å². The first-order valence-electron chi connectivity index (χ1n) is 6.83. The Kier molecular flexibility index (Phi) is 5.53. The lowest BCUT2D eigenvalue weighted by Crippen LogP contribution is -2.13. The van der Waals surface area contributed by atoms with Crippen LogP contribution in [0.4, 0.5) is 0 Å². The lowest BCUT2D eigenvalue weighted by Gasteiger charge is -2.14. The molecule has 0 bridgehead atoms. The minimum Gasteiger partial charge on any atom is -0.324 e. The average Bonchev–Trinajstić information content (AvgIpc) is 2.43. The minimum absolute atomic E-state index is 0.0177. The van der Waals surface area contributed by atoms with Crippen LogP contribution in [0.2, 0.25) is 5.02 Å². The molecule has 2 rings (SSSR count). The first kappa shape index (κ1) is 15.4. The first-order valence-corrected chi connectivity index (χ1v) is 8.20.